The molecular weight excluding hydrogens is 262 g/mol. The summed E-state index contributed by atoms with van der Waals surface area (Å²) in [5, 5.41) is 10.1. The van der Waals surface area contributed by atoms with Crippen molar-refractivity contribution < 1.29 is 4.79 Å². The van der Waals surface area contributed by atoms with Crippen molar-refractivity contribution in [1.29, 1.82) is 0 Å². The van der Waals surface area contributed by atoms with E-state index in [9.17, 15) is 4.79 Å². The van der Waals surface area contributed by atoms with E-state index in [1.165, 1.54) is 5.56 Å². The van der Waals surface area contributed by atoms with Crippen LogP contribution in [-0.4, -0.2) is 22.6 Å². The fraction of sp³-hybridized carbons (Fsp3) is 0.286. The molecule has 19 heavy (non-hydrogen) atoms. The summed E-state index contributed by atoms with van der Waals surface area (Å²) >= 11 is 5.90. The fourth-order valence-corrected chi connectivity index (χ4v) is 2.37. The first-order valence-corrected chi connectivity index (χ1v) is 6.61. The number of rotatable bonds is 4. The highest BCUT2D eigenvalue weighted by Gasteiger charge is 2.44. The third-order valence-electron chi connectivity index (χ3n) is 3.64. The predicted octanol–water partition coefficient (Wildman–Crippen LogP) is 2.52. The van der Waals surface area contributed by atoms with Crippen LogP contribution < -0.4 is 5.32 Å². The Morgan fingerprint density at radius 2 is 2.05 bits per heavy atom. The topological polar surface area (TPSA) is 57.8 Å². The second-order valence-electron chi connectivity index (χ2n) is 4.94. The van der Waals surface area contributed by atoms with Crippen LogP contribution in [0.4, 0.5) is 0 Å². The van der Waals surface area contributed by atoms with Crippen LogP contribution in [0.5, 0.6) is 0 Å². The molecule has 5 heteroatoms. The molecule has 0 bridgehead atoms. The van der Waals surface area contributed by atoms with E-state index in [2.05, 4.69) is 15.5 Å². The molecule has 2 aromatic rings. The molecule has 98 valence electrons. The van der Waals surface area contributed by atoms with Crippen molar-refractivity contribution >= 4 is 17.5 Å². The third-order valence-corrected chi connectivity index (χ3v) is 3.89. The summed E-state index contributed by atoms with van der Waals surface area (Å²) in [5.74, 6) is -0.113. The maximum atomic E-state index is 11.9. The third kappa shape index (κ3) is 2.49. The summed E-state index contributed by atoms with van der Waals surface area (Å²) < 4.78 is 0. The Morgan fingerprint density at radius 3 is 2.63 bits per heavy atom. The number of nitrogens with zero attached hydrogens (tertiary/aromatic N) is 1. The van der Waals surface area contributed by atoms with Crippen LogP contribution in [-0.2, 0) is 5.41 Å². The minimum Gasteiger partial charge on any atom is -0.350 e. The van der Waals surface area contributed by atoms with Gasteiger partial charge in [0.05, 0.1) is 0 Å². The molecule has 0 atom stereocenters. The van der Waals surface area contributed by atoms with Gasteiger partial charge in [-0.3, -0.25) is 9.89 Å². The molecule has 1 fully saturated rings. The zero-order valence-corrected chi connectivity index (χ0v) is 11.1. The molecule has 1 aliphatic rings. The Hall–Kier alpha value is -1.81. The Bertz CT molecular complexity index is 573. The van der Waals surface area contributed by atoms with Crippen molar-refractivity contribution in [3.63, 3.8) is 0 Å². The van der Waals surface area contributed by atoms with Crippen LogP contribution in [0.15, 0.2) is 36.5 Å². The van der Waals surface area contributed by atoms with Gasteiger partial charge in [0.2, 0.25) is 0 Å². The quantitative estimate of drug-likeness (QED) is 0.901. The number of aromatic nitrogens is 2. The second kappa shape index (κ2) is 4.70. The molecule has 4 nitrogen and oxygen atoms in total. The SMILES string of the molecule is O=C(NCC1(c2ccc(Cl)cc2)CC1)c1ccn[nH]1. The number of benzene rings is 1. The van der Waals surface area contributed by atoms with Gasteiger partial charge in [-0.25, -0.2) is 0 Å². The molecule has 1 aliphatic carbocycles. The summed E-state index contributed by atoms with van der Waals surface area (Å²) in [7, 11) is 0. The van der Waals surface area contributed by atoms with Crippen LogP contribution in [0, 0.1) is 0 Å². The van der Waals surface area contributed by atoms with E-state index < -0.39 is 0 Å². The Balaban J connectivity index is 1.66. The average molecular weight is 276 g/mol. The number of carbonyl (C=O) groups excluding carboxylic acids is 1. The van der Waals surface area contributed by atoms with Crippen LogP contribution in [0.25, 0.3) is 0 Å². The molecule has 0 unspecified atom stereocenters. The number of carbonyl (C=O) groups is 1. The lowest BCUT2D eigenvalue weighted by molar-refractivity contribution is 0.0944. The van der Waals surface area contributed by atoms with Gasteiger partial charge >= 0.3 is 0 Å². The van der Waals surface area contributed by atoms with E-state index in [4.69, 9.17) is 11.6 Å². The van der Waals surface area contributed by atoms with Crippen LogP contribution in [0.1, 0.15) is 28.9 Å². The highest BCUT2D eigenvalue weighted by molar-refractivity contribution is 6.30. The van der Waals surface area contributed by atoms with E-state index in [-0.39, 0.29) is 11.3 Å². The molecule has 0 saturated heterocycles. The van der Waals surface area contributed by atoms with Gasteiger partial charge < -0.3 is 5.32 Å². The molecule has 1 saturated carbocycles. The second-order valence-corrected chi connectivity index (χ2v) is 5.38. The largest absolute Gasteiger partial charge is 0.350 e. The van der Waals surface area contributed by atoms with Gasteiger partial charge in [0.1, 0.15) is 5.69 Å². The molecule has 0 spiro atoms. The molecular formula is C14H14ClN3O. The van der Waals surface area contributed by atoms with E-state index >= 15 is 0 Å². The summed E-state index contributed by atoms with van der Waals surface area (Å²) in [6.07, 6.45) is 3.76. The zero-order valence-electron chi connectivity index (χ0n) is 10.3. The molecule has 0 aliphatic heterocycles. The van der Waals surface area contributed by atoms with Crippen LogP contribution >= 0.6 is 11.6 Å². The van der Waals surface area contributed by atoms with E-state index in [1.54, 1.807) is 12.3 Å². The number of H-pyrrole nitrogens is 1. The average Bonchev–Trinajstić information content (AvgIpc) is 3.01. The smallest absolute Gasteiger partial charge is 0.269 e. The van der Waals surface area contributed by atoms with Gasteiger partial charge in [0.15, 0.2) is 0 Å². The molecule has 1 aromatic heterocycles. The lowest BCUT2D eigenvalue weighted by atomic mass is 9.96. The Kier molecular flexibility index (Phi) is 3.03. The standard InChI is InChI=1S/C14H14ClN3O/c15-11-3-1-10(2-4-11)14(6-7-14)9-16-13(19)12-5-8-17-18-12/h1-5,8H,6-7,9H2,(H,16,19)(H,17,18). The van der Waals surface area contributed by atoms with Crippen molar-refractivity contribution in [2.24, 2.45) is 0 Å². The summed E-state index contributed by atoms with van der Waals surface area (Å²) in [6.45, 7) is 0.645. The fourth-order valence-electron chi connectivity index (χ4n) is 2.25. The Labute approximate surface area is 116 Å². The molecule has 1 amide bonds. The van der Waals surface area contributed by atoms with E-state index in [0.29, 0.717) is 12.2 Å². The van der Waals surface area contributed by atoms with Gasteiger partial charge in [0, 0.05) is 23.2 Å². The lowest BCUT2D eigenvalue weighted by Crippen LogP contribution is -2.32. The molecule has 1 heterocycles. The van der Waals surface area contributed by atoms with Crippen molar-refractivity contribution in [2.45, 2.75) is 18.3 Å². The molecule has 1 aromatic carbocycles. The van der Waals surface area contributed by atoms with Crippen LogP contribution in [0.2, 0.25) is 5.02 Å². The van der Waals surface area contributed by atoms with Gasteiger partial charge in [-0.2, -0.15) is 5.10 Å². The number of nitrogens with one attached hydrogen (secondary N) is 2. The summed E-state index contributed by atoms with van der Waals surface area (Å²) in [6, 6.07) is 9.54. The summed E-state index contributed by atoms with van der Waals surface area (Å²) in [5.41, 5.74) is 1.81. The number of halogens is 1. The first-order valence-electron chi connectivity index (χ1n) is 6.23. The number of hydrogen-bond acceptors (Lipinski definition) is 2. The van der Waals surface area contributed by atoms with Gasteiger partial charge in [-0.1, -0.05) is 23.7 Å². The van der Waals surface area contributed by atoms with Gasteiger partial charge in [-0.15, -0.1) is 0 Å². The number of amides is 1. The lowest BCUT2D eigenvalue weighted by Gasteiger charge is -2.16. The van der Waals surface area contributed by atoms with Crippen molar-refractivity contribution in [2.75, 3.05) is 6.54 Å². The molecule has 0 radical (unpaired) electrons. The highest BCUT2D eigenvalue weighted by Crippen LogP contribution is 2.47. The first-order chi connectivity index (χ1) is 9.20. The highest BCUT2D eigenvalue weighted by atomic mass is 35.5. The predicted molar refractivity (Wildman–Crippen MR) is 73.3 cm³/mol. The maximum absolute atomic E-state index is 11.9. The molecule has 2 N–H and O–H groups in total. The molecule has 3 rings (SSSR count). The first kappa shape index (κ1) is 12.2. The van der Waals surface area contributed by atoms with E-state index in [0.717, 1.165) is 17.9 Å². The van der Waals surface area contributed by atoms with Crippen molar-refractivity contribution in [1.82, 2.24) is 15.5 Å². The minimum absolute atomic E-state index is 0.0836. The van der Waals surface area contributed by atoms with Crippen LogP contribution in [0.3, 0.4) is 0 Å². The normalized spacial score (nSPS) is 16.1. The van der Waals surface area contributed by atoms with Gasteiger partial charge in [-0.05, 0) is 36.6 Å². The number of hydrogen-bond donors (Lipinski definition) is 2. The summed E-state index contributed by atoms with van der Waals surface area (Å²) in [4.78, 5) is 11.9. The van der Waals surface area contributed by atoms with E-state index in [1.807, 2.05) is 24.3 Å². The number of aromatic amines is 1. The minimum atomic E-state index is -0.113. The van der Waals surface area contributed by atoms with Gasteiger partial charge in [0.25, 0.3) is 5.91 Å². The van der Waals surface area contributed by atoms with Crippen molar-refractivity contribution in [3.8, 4) is 0 Å². The Morgan fingerprint density at radius 1 is 1.32 bits per heavy atom. The van der Waals surface area contributed by atoms with Crippen molar-refractivity contribution in [3.05, 3.63) is 52.8 Å². The zero-order chi connectivity index (χ0) is 13.3. The monoisotopic (exact) mass is 275 g/mol. The maximum Gasteiger partial charge on any atom is 0.269 e.